The van der Waals surface area contributed by atoms with Crippen LogP contribution in [0.1, 0.15) is 19.4 Å². The van der Waals surface area contributed by atoms with Crippen LogP contribution in [0.25, 0.3) is 0 Å². The molecule has 0 spiro atoms. The average Bonchev–Trinajstić information content (AvgIpc) is 2.17. The first-order chi connectivity index (χ1) is 7.00. The molecule has 0 unspecified atom stereocenters. The van der Waals surface area contributed by atoms with E-state index in [1.807, 2.05) is 0 Å². The van der Waals surface area contributed by atoms with Gasteiger partial charge in [-0.25, -0.2) is 9.18 Å². The Hall–Kier alpha value is -1.42. The molecule has 0 heterocycles. The minimum atomic E-state index is -1.24. The maximum atomic E-state index is 13.0. The van der Waals surface area contributed by atoms with Crippen molar-refractivity contribution in [1.82, 2.24) is 5.32 Å². The lowest BCUT2D eigenvalue weighted by Crippen LogP contribution is -2.46. The van der Waals surface area contributed by atoms with Gasteiger partial charge in [0.05, 0.1) is 0 Å². The van der Waals surface area contributed by atoms with Gasteiger partial charge in [-0.1, -0.05) is 19.1 Å². The smallest absolute Gasteiger partial charge is 0.328 e. The van der Waals surface area contributed by atoms with Crippen molar-refractivity contribution in [2.45, 2.75) is 19.4 Å². The van der Waals surface area contributed by atoms with Gasteiger partial charge in [0, 0.05) is 0 Å². The number of rotatable bonds is 4. The molecule has 4 heteroatoms. The summed E-state index contributed by atoms with van der Waals surface area (Å²) in [6.45, 7) is 3.83. The average molecular weight is 211 g/mol. The number of carboxylic acids is 1. The van der Waals surface area contributed by atoms with Crippen LogP contribution in [0.3, 0.4) is 0 Å². The molecule has 0 saturated carbocycles. The molecule has 0 aliphatic carbocycles. The van der Waals surface area contributed by atoms with Crippen molar-refractivity contribution >= 4 is 5.97 Å². The van der Waals surface area contributed by atoms with Crippen molar-refractivity contribution in [3.8, 4) is 0 Å². The number of carbonyl (C=O) groups is 1. The predicted molar refractivity (Wildman–Crippen MR) is 55.1 cm³/mol. The van der Waals surface area contributed by atoms with E-state index in [-0.39, 0.29) is 0 Å². The third-order valence-electron chi connectivity index (χ3n) is 2.36. The van der Waals surface area contributed by atoms with E-state index in [2.05, 4.69) is 5.32 Å². The fourth-order valence-electron chi connectivity index (χ4n) is 1.45. The van der Waals surface area contributed by atoms with E-state index in [1.54, 1.807) is 13.0 Å². The molecule has 15 heavy (non-hydrogen) atoms. The molecule has 0 aromatic heterocycles. The lowest BCUT2D eigenvalue weighted by Gasteiger charge is -2.26. The first kappa shape index (κ1) is 11.7. The van der Waals surface area contributed by atoms with Gasteiger partial charge in [0.2, 0.25) is 0 Å². The molecule has 0 aliphatic heterocycles. The lowest BCUT2D eigenvalue weighted by molar-refractivity contribution is -0.144. The zero-order valence-electron chi connectivity index (χ0n) is 8.75. The van der Waals surface area contributed by atoms with Crippen molar-refractivity contribution < 1.29 is 14.3 Å². The molecule has 0 amide bonds. The maximum absolute atomic E-state index is 13.0. The second kappa shape index (κ2) is 4.40. The zero-order valence-corrected chi connectivity index (χ0v) is 8.75. The number of likely N-dealkylation sites (N-methyl/N-ethyl adjacent to an activating group) is 1. The van der Waals surface area contributed by atoms with Crippen molar-refractivity contribution in [3.63, 3.8) is 0 Å². The van der Waals surface area contributed by atoms with Gasteiger partial charge in [-0.15, -0.1) is 0 Å². The summed E-state index contributed by atoms with van der Waals surface area (Å²) >= 11 is 0. The molecule has 0 saturated heterocycles. The summed E-state index contributed by atoms with van der Waals surface area (Å²) in [5.41, 5.74) is -0.825. The first-order valence-corrected chi connectivity index (χ1v) is 4.75. The quantitative estimate of drug-likeness (QED) is 0.797. The Kier molecular flexibility index (Phi) is 3.42. The van der Waals surface area contributed by atoms with Crippen LogP contribution in [0.5, 0.6) is 0 Å². The minimum Gasteiger partial charge on any atom is -0.480 e. The SMILES string of the molecule is CCN[C@](C)(C(=O)O)c1cccc(F)c1. The van der Waals surface area contributed by atoms with Gasteiger partial charge in [0.25, 0.3) is 0 Å². The van der Waals surface area contributed by atoms with E-state index in [1.165, 1.54) is 25.1 Å². The van der Waals surface area contributed by atoms with Crippen molar-refractivity contribution in [2.75, 3.05) is 6.54 Å². The molecule has 1 aromatic carbocycles. The summed E-state index contributed by atoms with van der Waals surface area (Å²) in [5, 5.41) is 12.0. The van der Waals surface area contributed by atoms with Gasteiger partial charge in [0.15, 0.2) is 0 Å². The molecule has 2 N–H and O–H groups in total. The second-order valence-electron chi connectivity index (χ2n) is 3.47. The van der Waals surface area contributed by atoms with Gasteiger partial charge >= 0.3 is 5.97 Å². The highest BCUT2D eigenvalue weighted by Crippen LogP contribution is 2.21. The molecule has 1 atom stereocenters. The standard InChI is InChI=1S/C11H14FNO2/c1-3-13-11(2,10(14)15)8-5-4-6-9(12)7-8/h4-7,13H,3H2,1-2H3,(H,14,15)/t11-/m0/s1. The summed E-state index contributed by atoms with van der Waals surface area (Å²) in [4.78, 5) is 11.1. The molecule has 0 fully saturated rings. The molecular formula is C11H14FNO2. The lowest BCUT2D eigenvalue weighted by atomic mass is 9.92. The molecule has 1 rings (SSSR count). The van der Waals surface area contributed by atoms with Crippen LogP contribution < -0.4 is 5.32 Å². The number of carboxylic acid groups (broad SMARTS) is 1. The molecule has 0 bridgehead atoms. The van der Waals surface area contributed by atoms with Gasteiger partial charge in [-0.2, -0.15) is 0 Å². The number of hydrogen-bond acceptors (Lipinski definition) is 2. The third-order valence-corrected chi connectivity index (χ3v) is 2.36. The van der Waals surface area contributed by atoms with Crippen LogP contribution in [-0.4, -0.2) is 17.6 Å². The molecule has 1 aromatic rings. The molecule has 82 valence electrons. The van der Waals surface area contributed by atoms with Crippen LogP contribution in [0.4, 0.5) is 4.39 Å². The minimum absolute atomic E-state index is 0.414. The van der Waals surface area contributed by atoms with E-state index < -0.39 is 17.3 Å². The third kappa shape index (κ3) is 2.33. The predicted octanol–water partition coefficient (Wildman–Crippen LogP) is 1.73. The Labute approximate surface area is 87.9 Å². The van der Waals surface area contributed by atoms with E-state index in [9.17, 15) is 9.18 Å². The number of hydrogen-bond donors (Lipinski definition) is 2. The Morgan fingerprint density at radius 3 is 2.73 bits per heavy atom. The Morgan fingerprint density at radius 2 is 2.27 bits per heavy atom. The Morgan fingerprint density at radius 1 is 1.60 bits per heavy atom. The fourth-order valence-corrected chi connectivity index (χ4v) is 1.45. The number of benzene rings is 1. The summed E-state index contributed by atoms with van der Waals surface area (Å²) in [6.07, 6.45) is 0. The normalized spacial score (nSPS) is 14.6. The second-order valence-corrected chi connectivity index (χ2v) is 3.47. The molecule has 0 aliphatic rings. The summed E-state index contributed by atoms with van der Waals surface area (Å²) < 4.78 is 13.0. The maximum Gasteiger partial charge on any atom is 0.328 e. The van der Waals surface area contributed by atoms with Gasteiger partial charge < -0.3 is 5.11 Å². The highest BCUT2D eigenvalue weighted by atomic mass is 19.1. The largest absolute Gasteiger partial charge is 0.480 e. The van der Waals surface area contributed by atoms with Crippen LogP contribution >= 0.6 is 0 Å². The van der Waals surface area contributed by atoms with Crippen molar-refractivity contribution in [1.29, 1.82) is 0 Å². The van der Waals surface area contributed by atoms with Crippen LogP contribution in [0.2, 0.25) is 0 Å². The van der Waals surface area contributed by atoms with Crippen molar-refractivity contribution in [3.05, 3.63) is 35.6 Å². The summed E-state index contributed by atoms with van der Waals surface area (Å²) in [6, 6.07) is 5.62. The molecule has 3 nitrogen and oxygen atoms in total. The van der Waals surface area contributed by atoms with Crippen LogP contribution in [0, 0.1) is 5.82 Å². The van der Waals surface area contributed by atoms with E-state index in [0.717, 1.165) is 0 Å². The summed E-state index contributed by atoms with van der Waals surface area (Å²) in [7, 11) is 0. The first-order valence-electron chi connectivity index (χ1n) is 4.75. The van der Waals surface area contributed by atoms with Gasteiger partial charge in [-0.05, 0) is 31.2 Å². The van der Waals surface area contributed by atoms with Crippen LogP contribution in [-0.2, 0) is 10.3 Å². The van der Waals surface area contributed by atoms with Gasteiger partial charge in [0.1, 0.15) is 11.4 Å². The highest BCUT2D eigenvalue weighted by molar-refractivity contribution is 5.80. The molecule has 0 radical (unpaired) electrons. The molecular weight excluding hydrogens is 197 g/mol. The zero-order chi connectivity index (χ0) is 11.5. The van der Waals surface area contributed by atoms with Gasteiger partial charge in [-0.3, -0.25) is 5.32 Å². The summed E-state index contributed by atoms with van der Waals surface area (Å²) in [5.74, 6) is -1.45. The highest BCUT2D eigenvalue weighted by Gasteiger charge is 2.34. The van der Waals surface area contributed by atoms with E-state index >= 15 is 0 Å². The number of aliphatic carboxylic acids is 1. The van der Waals surface area contributed by atoms with Crippen molar-refractivity contribution in [2.24, 2.45) is 0 Å². The topological polar surface area (TPSA) is 49.3 Å². The number of nitrogens with one attached hydrogen (secondary N) is 1. The Balaban J connectivity index is 3.15. The van der Waals surface area contributed by atoms with E-state index in [4.69, 9.17) is 5.11 Å². The number of halogens is 1. The Bertz CT molecular complexity index is 367. The fraction of sp³-hybridized carbons (Fsp3) is 0.364. The van der Waals surface area contributed by atoms with E-state index in [0.29, 0.717) is 12.1 Å². The monoisotopic (exact) mass is 211 g/mol. The van der Waals surface area contributed by atoms with Crippen LogP contribution in [0.15, 0.2) is 24.3 Å².